The minimum atomic E-state index is -4.95. The molecule has 3 aromatic rings. The van der Waals surface area contributed by atoms with Crippen LogP contribution in [0.15, 0.2) is 40.5 Å². The summed E-state index contributed by atoms with van der Waals surface area (Å²) in [5.41, 5.74) is -2.60. The van der Waals surface area contributed by atoms with Crippen LogP contribution in [0.5, 0.6) is 0 Å². The number of fused-ring (bicyclic) bond motifs is 2. The highest BCUT2D eigenvalue weighted by atomic mass is 35.5. The number of hydrogen-bond donors (Lipinski definition) is 0. The molecule has 2 aromatic carbocycles. The van der Waals surface area contributed by atoms with Gasteiger partial charge in [0.15, 0.2) is 0 Å². The number of ether oxygens (including phenoxy) is 1. The van der Waals surface area contributed by atoms with E-state index in [9.17, 15) is 27.2 Å². The Morgan fingerprint density at radius 3 is 2.56 bits per heavy atom. The Hall–Kier alpha value is -3.20. The van der Waals surface area contributed by atoms with Crippen LogP contribution in [-0.2, 0) is 15.7 Å². The summed E-state index contributed by atoms with van der Waals surface area (Å²) >= 11 is 7.06. The van der Waals surface area contributed by atoms with Crippen molar-refractivity contribution in [3.05, 3.63) is 63.6 Å². The van der Waals surface area contributed by atoms with Crippen LogP contribution in [0.25, 0.3) is 22.0 Å². The lowest BCUT2D eigenvalue weighted by Gasteiger charge is -2.38. The molecule has 3 saturated heterocycles. The topological polar surface area (TPSA) is 70.9 Å². The van der Waals surface area contributed by atoms with Gasteiger partial charge in [-0.3, -0.25) is 14.3 Å². The largest absolute Gasteiger partial charge is 0.417 e. The number of halogens is 6. The minimum absolute atomic E-state index is 0.0464. The van der Waals surface area contributed by atoms with E-state index in [1.165, 1.54) is 10.6 Å². The molecule has 2 bridgehead atoms. The quantitative estimate of drug-likeness (QED) is 0.216. The molecule has 0 saturated carbocycles. The standard InChI is InChI=1S/C30H27ClF5N5O3S/c1-2-24(42)38-3-5-39(6-4-38)28-19-8-20(30(34,35)36)25(18-9-21(31)23(33)10-22(18)32)27-26(19)41(29(43)37-28)16(14-45-27)11-40-12-17-7-15(40)13-44-17/h2,8-10,15-17H,1,3-7,11-14H2/t15-,16-,17-/m0/s1. The first-order valence-electron chi connectivity index (χ1n) is 14.4. The second-order valence-corrected chi connectivity index (χ2v) is 13.1. The molecule has 8 nitrogen and oxygen atoms in total. The van der Waals surface area contributed by atoms with Gasteiger partial charge < -0.3 is 14.5 Å². The van der Waals surface area contributed by atoms with Crippen molar-refractivity contribution in [3.8, 4) is 11.1 Å². The van der Waals surface area contributed by atoms with Crippen molar-refractivity contribution in [3.63, 3.8) is 0 Å². The first-order chi connectivity index (χ1) is 21.4. The maximum Gasteiger partial charge on any atom is 0.417 e. The van der Waals surface area contributed by atoms with Crippen LogP contribution in [0.3, 0.4) is 0 Å². The highest BCUT2D eigenvalue weighted by Crippen LogP contribution is 2.51. The first-order valence-corrected chi connectivity index (χ1v) is 15.8. The molecule has 3 fully saturated rings. The molecule has 0 radical (unpaired) electrons. The molecule has 0 spiro atoms. The molecule has 45 heavy (non-hydrogen) atoms. The fraction of sp³-hybridized carbons (Fsp3) is 0.433. The summed E-state index contributed by atoms with van der Waals surface area (Å²) in [6, 6.07) is 1.97. The number of anilines is 1. The Morgan fingerprint density at radius 2 is 1.91 bits per heavy atom. The zero-order valence-electron chi connectivity index (χ0n) is 23.7. The SMILES string of the molecule is C=CC(=O)N1CCN(c2nc(=O)n3c4c(c(-c5cc(Cl)c(F)cc5F)c(C(F)(F)F)cc24)SC[C@@H]3CN2C[C@@H]3C[C@H]2CO3)CC1. The Bertz CT molecular complexity index is 1790. The highest BCUT2D eigenvalue weighted by molar-refractivity contribution is 7.99. The Morgan fingerprint density at radius 1 is 1.16 bits per heavy atom. The lowest BCUT2D eigenvalue weighted by Crippen LogP contribution is -2.49. The Labute approximate surface area is 263 Å². The number of piperazine rings is 1. The van der Waals surface area contributed by atoms with Gasteiger partial charge in [-0.25, -0.2) is 13.6 Å². The highest BCUT2D eigenvalue weighted by Gasteiger charge is 2.43. The molecule has 1 amide bonds. The van der Waals surface area contributed by atoms with Crippen LogP contribution < -0.4 is 10.6 Å². The summed E-state index contributed by atoms with van der Waals surface area (Å²) in [4.78, 5) is 35.9. The number of nitrogens with zero attached hydrogens (tertiary/aromatic N) is 5. The van der Waals surface area contributed by atoms with Gasteiger partial charge >= 0.3 is 11.9 Å². The van der Waals surface area contributed by atoms with Crippen LogP contribution in [0.1, 0.15) is 18.0 Å². The smallest absolute Gasteiger partial charge is 0.375 e. The molecule has 15 heteroatoms. The van der Waals surface area contributed by atoms with Gasteiger partial charge in [-0.1, -0.05) is 18.2 Å². The van der Waals surface area contributed by atoms with Crippen LogP contribution in [0.2, 0.25) is 5.02 Å². The third-order valence-corrected chi connectivity index (χ3v) is 10.6. The number of thioether (sulfide) groups is 1. The zero-order valence-corrected chi connectivity index (χ0v) is 25.3. The molecule has 7 rings (SSSR count). The molecule has 4 aliphatic heterocycles. The van der Waals surface area contributed by atoms with Gasteiger partial charge in [0.05, 0.1) is 34.9 Å². The van der Waals surface area contributed by atoms with Crippen LogP contribution in [-0.4, -0.2) is 89.0 Å². The third kappa shape index (κ3) is 5.19. The summed E-state index contributed by atoms with van der Waals surface area (Å²) in [6.45, 7) is 6.18. The van der Waals surface area contributed by atoms with Crippen molar-refractivity contribution in [2.24, 2.45) is 0 Å². The molecule has 0 N–H and O–H groups in total. The molecule has 238 valence electrons. The lowest BCUT2D eigenvalue weighted by molar-refractivity contribution is -0.137. The van der Waals surface area contributed by atoms with Gasteiger partial charge in [0.1, 0.15) is 17.5 Å². The number of carbonyl (C=O) groups excluding carboxylic acids is 1. The van der Waals surface area contributed by atoms with Gasteiger partial charge in [-0.05, 0) is 24.6 Å². The molecule has 3 atom stereocenters. The van der Waals surface area contributed by atoms with E-state index in [1.54, 1.807) is 9.80 Å². The molecular formula is C30H27ClF5N5O3S. The van der Waals surface area contributed by atoms with Crippen molar-refractivity contribution < 1.29 is 31.5 Å². The second-order valence-electron chi connectivity index (χ2n) is 11.6. The number of alkyl halides is 3. The van der Waals surface area contributed by atoms with Crippen LogP contribution >= 0.6 is 23.4 Å². The van der Waals surface area contributed by atoms with Gasteiger partial charge in [0.2, 0.25) is 5.91 Å². The molecule has 0 aliphatic carbocycles. The second kappa shape index (κ2) is 11.2. The number of morpholine rings is 1. The summed E-state index contributed by atoms with van der Waals surface area (Å²) < 4.78 is 81.2. The maximum absolute atomic E-state index is 15.3. The summed E-state index contributed by atoms with van der Waals surface area (Å²) in [5, 5.41) is -0.446. The minimum Gasteiger partial charge on any atom is -0.375 e. The molecule has 1 aromatic heterocycles. The van der Waals surface area contributed by atoms with Crippen molar-refractivity contribution in [2.45, 2.75) is 35.7 Å². The average Bonchev–Trinajstić information content (AvgIpc) is 3.64. The lowest BCUT2D eigenvalue weighted by atomic mass is 9.95. The molecule has 5 heterocycles. The number of amides is 1. The van der Waals surface area contributed by atoms with E-state index in [0.29, 0.717) is 25.8 Å². The number of carbonyl (C=O) groups is 1. The normalized spacial score (nSPS) is 23.3. The zero-order chi connectivity index (χ0) is 31.8. The van der Waals surface area contributed by atoms with E-state index in [0.717, 1.165) is 30.3 Å². The summed E-state index contributed by atoms with van der Waals surface area (Å²) in [5.74, 6) is -2.30. The number of rotatable bonds is 5. The number of likely N-dealkylation sites (tertiary alicyclic amines) is 1. The number of aromatic nitrogens is 2. The van der Waals surface area contributed by atoms with E-state index in [4.69, 9.17) is 16.3 Å². The van der Waals surface area contributed by atoms with E-state index < -0.39 is 51.3 Å². The number of hydrogen-bond acceptors (Lipinski definition) is 7. The van der Waals surface area contributed by atoms with Crippen LogP contribution in [0, 0.1) is 11.6 Å². The van der Waals surface area contributed by atoms with E-state index in [2.05, 4.69) is 16.5 Å². The van der Waals surface area contributed by atoms with Crippen molar-refractivity contribution in [2.75, 3.05) is 56.5 Å². The predicted molar refractivity (Wildman–Crippen MR) is 160 cm³/mol. The number of benzene rings is 2. The summed E-state index contributed by atoms with van der Waals surface area (Å²) in [6.07, 6.45) is -2.78. The van der Waals surface area contributed by atoms with Crippen molar-refractivity contribution in [1.29, 1.82) is 0 Å². The van der Waals surface area contributed by atoms with Crippen molar-refractivity contribution in [1.82, 2.24) is 19.4 Å². The first kappa shape index (κ1) is 30.5. The average molecular weight is 668 g/mol. The molecular weight excluding hydrogens is 641 g/mol. The molecule has 0 unspecified atom stereocenters. The van der Waals surface area contributed by atoms with Gasteiger partial charge in [-0.2, -0.15) is 18.2 Å². The van der Waals surface area contributed by atoms with Crippen molar-refractivity contribution >= 4 is 46.0 Å². The van der Waals surface area contributed by atoms with Gasteiger partial charge in [0.25, 0.3) is 0 Å². The molecule has 4 aliphatic rings. The monoisotopic (exact) mass is 667 g/mol. The Balaban J connectivity index is 1.45. The predicted octanol–water partition coefficient (Wildman–Crippen LogP) is 4.97. The van der Waals surface area contributed by atoms with Gasteiger partial charge in [-0.15, -0.1) is 11.8 Å². The van der Waals surface area contributed by atoms with Gasteiger partial charge in [0, 0.05) is 78.5 Å². The van der Waals surface area contributed by atoms with E-state index in [-0.39, 0.29) is 71.6 Å². The van der Waals surface area contributed by atoms with Crippen LogP contribution in [0.4, 0.5) is 27.8 Å². The fourth-order valence-corrected chi connectivity index (χ4v) is 8.40. The maximum atomic E-state index is 15.3. The van der Waals surface area contributed by atoms with E-state index in [1.807, 2.05) is 0 Å². The fourth-order valence-electron chi connectivity index (χ4n) is 6.91. The summed E-state index contributed by atoms with van der Waals surface area (Å²) in [7, 11) is 0. The Kier molecular flexibility index (Phi) is 7.61. The third-order valence-electron chi connectivity index (χ3n) is 9.04. The van der Waals surface area contributed by atoms with E-state index >= 15 is 4.39 Å².